The Labute approximate surface area is 192 Å². The Morgan fingerprint density at radius 3 is 2.21 bits per heavy atom. The Hall–Kier alpha value is -3.67. The van der Waals surface area contributed by atoms with Gasteiger partial charge in [-0.15, -0.1) is 0 Å². The van der Waals surface area contributed by atoms with Gasteiger partial charge in [0.25, 0.3) is 10.0 Å². The van der Waals surface area contributed by atoms with E-state index >= 15 is 0 Å². The Kier molecular flexibility index (Phi) is 5.93. The summed E-state index contributed by atoms with van der Waals surface area (Å²) in [5.41, 5.74) is 2.00. The molecule has 33 heavy (non-hydrogen) atoms. The van der Waals surface area contributed by atoms with Gasteiger partial charge in [-0.3, -0.25) is 0 Å². The van der Waals surface area contributed by atoms with Crippen LogP contribution < -0.4 is 0 Å². The molecular formula is C25H19NO5S2. The van der Waals surface area contributed by atoms with Crippen molar-refractivity contribution in [1.29, 1.82) is 0 Å². The monoisotopic (exact) mass is 477 g/mol. The number of hydrogen-bond donors (Lipinski definition) is 0. The summed E-state index contributed by atoms with van der Waals surface area (Å²) >= 11 is 0. The first-order valence-corrected chi connectivity index (χ1v) is 12.9. The predicted octanol–water partition coefficient (Wildman–Crippen LogP) is 3.71. The molecule has 0 fully saturated rings. The molecule has 8 heteroatoms. The van der Waals surface area contributed by atoms with Crippen LogP contribution in [0.2, 0.25) is 0 Å². The number of sulfone groups is 1. The van der Waals surface area contributed by atoms with E-state index in [0.29, 0.717) is 28.3 Å². The van der Waals surface area contributed by atoms with Gasteiger partial charge in [-0.1, -0.05) is 42.0 Å². The number of hydrogen-bond acceptors (Lipinski definition) is 5. The molecule has 0 aliphatic rings. The van der Waals surface area contributed by atoms with Crippen LogP contribution in [-0.2, 0) is 31.1 Å². The van der Waals surface area contributed by atoms with E-state index in [1.165, 1.54) is 30.5 Å². The fourth-order valence-corrected chi connectivity index (χ4v) is 5.75. The minimum atomic E-state index is -3.95. The molecule has 0 aliphatic carbocycles. The molecule has 166 valence electrons. The quantitative estimate of drug-likeness (QED) is 0.323. The SMILES string of the molecule is Cc1ccc(S(=O)(=O)n2cc(CC=O)c3c(C#CS(=O)(=O)c4ccccc4)cccc32)cc1. The van der Waals surface area contributed by atoms with E-state index in [2.05, 4.69) is 11.2 Å². The van der Waals surface area contributed by atoms with Gasteiger partial charge < -0.3 is 4.79 Å². The molecular weight excluding hydrogens is 458 g/mol. The largest absolute Gasteiger partial charge is 0.303 e. The highest BCUT2D eigenvalue weighted by molar-refractivity contribution is 7.96. The summed E-state index contributed by atoms with van der Waals surface area (Å²) in [5, 5.41) is 2.74. The first-order valence-electron chi connectivity index (χ1n) is 9.96. The van der Waals surface area contributed by atoms with Crippen LogP contribution in [0.3, 0.4) is 0 Å². The van der Waals surface area contributed by atoms with Gasteiger partial charge >= 0.3 is 0 Å². The van der Waals surface area contributed by atoms with E-state index in [9.17, 15) is 21.6 Å². The second kappa shape index (κ2) is 8.70. The van der Waals surface area contributed by atoms with E-state index in [1.54, 1.807) is 48.5 Å². The molecule has 1 aromatic heterocycles. The number of fused-ring (bicyclic) bond motifs is 1. The topological polar surface area (TPSA) is 90.3 Å². The summed E-state index contributed by atoms with van der Waals surface area (Å²) in [6.45, 7) is 1.86. The lowest BCUT2D eigenvalue weighted by atomic mass is 10.1. The van der Waals surface area contributed by atoms with Crippen LogP contribution in [0.5, 0.6) is 0 Å². The van der Waals surface area contributed by atoms with Crippen LogP contribution in [0.25, 0.3) is 10.9 Å². The number of aryl methyl sites for hydroxylation is 1. The fraction of sp³-hybridized carbons (Fsp3) is 0.0800. The van der Waals surface area contributed by atoms with Crippen LogP contribution in [0, 0.1) is 18.1 Å². The lowest BCUT2D eigenvalue weighted by molar-refractivity contribution is -0.107. The highest BCUT2D eigenvalue weighted by Crippen LogP contribution is 2.29. The van der Waals surface area contributed by atoms with Gasteiger partial charge in [-0.05, 0) is 54.8 Å². The van der Waals surface area contributed by atoms with Crippen molar-refractivity contribution in [2.24, 2.45) is 0 Å². The zero-order valence-electron chi connectivity index (χ0n) is 17.6. The van der Waals surface area contributed by atoms with Crippen molar-refractivity contribution in [3.63, 3.8) is 0 Å². The number of aldehydes is 1. The Balaban J connectivity index is 1.91. The Morgan fingerprint density at radius 1 is 0.848 bits per heavy atom. The predicted molar refractivity (Wildman–Crippen MR) is 126 cm³/mol. The number of benzene rings is 3. The molecule has 3 aromatic carbocycles. The zero-order chi connectivity index (χ0) is 23.6. The molecule has 0 spiro atoms. The van der Waals surface area contributed by atoms with Crippen molar-refractivity contribution in [3.8, 4) is 11.2 Å². The number of aromatic nitrogens is 1. The minimum absolute atomic E-state index is 0.0446. The number of nitrogens with zero attached hydrogens (tertiary/aromatic N) is 1. The van der Waals surface area contributed by atoms with Crippen molar-refractivity contribution < 1.29 is 21.6 Å². The van der Waals surface area contributed by atoms with Crippen molar-refractivity contribution in [1.82, 2.24) is 3.97 Å². The lowest BCUT2D eigenvalue weighted by Gasteiger charge is -2.08. The Bertz CT molecular complexity index is 1620. The summed E-state index contributed by atoms with van der Waals surface area (Å²) in [5.74, 6) is 2.68. The molecule has 0 radical (unpaired) electrons. The van der Waals surface area contributed by atoms with Gasteiger partial charge in [0.1, 0.15) is 6.29 Å². The summed E-state index contributed by atoms with van der Waals surface area (Å²) in [7, 11) is -7.83. The standard InChI is InChI=1S/C25H19NO5S2/c1-19-10-12-23(13-11-19)33(30,31)26-18-21(14-16-27)25-20(6-5-9-24(25)26)15-17-32(28,29)22-7-3-2-4-8-22/h2-13,16,18H,14H2,1H3. The van der Waals surface area contributed by atoms with E-state index in [1.807, 2.05) is 6.92 Å². The number of rotatable bonds is 5. The third-order valence-corrected chi connectivity index (χ3v) is 8.08. The normalized spacial score (nSPS) is 11.7. The van der Waals surface area contributed by atoms with E-state index in [-0.39, 0.29) is 16.2 Å². The molecule has 0 unspecified atom stereocenters. The molecule has 0 aliphatic heterocycles. The van der Waals surface area contributed by atoms with Crippen molar-refractivity contribution in [2.45, 2.75) is 23.1 Å². The van der Waals surface area contributed by atoms with Gasteiger partial charge in [0.05, 0.1) is 15.3 Å². The molecule has 1 heterocycles. The summed E-state index contributed by atoms with van der Waals surface area (Å²) in [6.07, 6.45) is 2.02. The van der Waals surface area contributed by atoms with E-state index < -0.39 is 19.9 Å². The van der Waals surface area contributed by atoms with Crippen LogP contribution >= 0.6 is 0 Å². The molecule has 0 bridgehead atoms. The average Bonchev–Trinajstić information content (AvgIpc) is 3.19. The number of carbonyl (C=O) groups is 1. The summed E-state index contributed by atoms with van der Waals surface area (Å²) < 4.78 is 53.0. The van der Waals surface area contributed by atoms with Crippen LogP contribution in [0.4, 0.5) is 0 Å². The summed E-state index contributed by atoms with van der Waals surface area (Å²) in [4.78, 5) is 11.5. The van der Waals surface area contributed by atoms with Gasteiger partial charge in [-0.25, -0.2) is 20.8 Å². The maximum atomic E-state index is 13.3. The zero-order valence-corrected chi connectivity index (χ0v) is 19.2. The highest BCUT2D eigenvalue weighted by atomic mass is 32.2. The molecule has 0 saturated heterocycles. The molecule has 0 amide bonds. The summed E-state index contributed by atoms with van der Waals surface area (Å²) in [6, 6.07) is 19.1. The Morgan fingerprint density at radius 2 is 1.55 bits per heavy atom. The molecule has 0 N–H and O–H groups in total. The van der Waals surface area contributed by atoms with Crippen molar-refractivity contribution in [2.75, 3.05) is 0 Å². The molecule has 0 saturated carbocycles. The molecule has 6 nitrogen and oxygen atoms in total. The second-order valence-electron chi connectivity index (χ2n) is 7.38. The van der Waals surface area contributed by atoms with Crippen molar-refractivity contribution >= 4 is 37.0 Å². The van der Waals surface area contributed by atoms with Gasteiger partial charge in [0, 0.05) is 28.8 Å². The second-order valence-corrected chi connectivity index (χ2v) is 10.9. The molecule has 0 atom stereocenters. The van der Waals surface area contributed by atoms with Gasteiger partial charge in [0.15, 0.2) is 0 Å². The first-order chi connectivity index (χ1) is 15.7. The maximum absolute atomic E-state index is 13.3. The smallest absolute Gasteiger partial charge is 0.268 e. The third kappa shape index (κ3) is 4.33. The van der Waals surface area contributed by atoms with Crippen LogP contribution in [0.1, 0.15) is 16.7 Å². The van der Waals surface area contributed by atoms with Gasteiger partial charge in [-0.2, -0.15) is 0 Å². The average molecular weight is 478 g/mol. The minimum Gasteiger partial charge on any atom is -0.303 e. The molecule has 4 rings (SSSR count). The van der Waals surface area contributed by atoms with Crippen LogP contribution in [0.15, 0.2) is 88.8 Å². The van der Waals surface area contributed by atoms with Crippen molar-refractivity contribution in [3.05, 3.63) is 95.7 Å². The maximum Gasteiger partial charge on any atom is 0.268 e. The third-order valence-electron chi connectivity index (χ3n) is 5.13. The fourth-order valence-electron chi connectivity index (χ4n) is 3.49. The van der Waals surface area contributed by atoms with Crippen LogP contribution in [-0.4, -0.2) is 27.1 Å². The van der Waals surface area contributed by atoms with E-state index in [0.717, 1.165) is 9.54 Å². The first kappa shape index (κ1) is 22.5. The number of carbonyl (C=O) groups excluding carboxylic acids is 1. The van der Waals surface area contributed by atoms with E-state index in [4.69, 9.17) is 0 Å². The highest BCUT2D eigenvalue weighted by Gasteiger charge is 2.22. The van der Waals surface area contributed by atoms with Gasteiger partial charge in [0.2, 0.25) is 9.84 Å². The lowest BCUT2D eigenvalue weighted by Crippen LogP contribution is -2.11. The molecule has 4 aromatic rings.